The van der Waals surface area contributed by atoms with E-state index in [1.807, 2.05) is 37.9 Å². The van der Waals surface area contributed by atoms with Crippen LogP contribution in [0.25, 0.3) is 0 Å². The third-order valence-corrected chi connectivity index (χ3v) is 3.43. The highest BCUT2D eigenvalue weighted by Gasteiger charge is 2.32. The summed E-state index contributed by atoms with van der Waals surface area (Å²) >= 11 is 0. The molecule has 0 aromatic carbocycles. The number of aromatic nitrogens is 1. The fourth-order valence-electron chi connectivity index (χ4n) is 2.44. The van der Waals surface area contributed by atoms with Crippen LogP contribution in [0.2, 0.25) is 0 Å². The Balaban J connectivity index is 2.10. The predicted molar refractivity (Wildman–Crippen MR) is 78.3 cm³/mol. The topological polar surface area (TPSA) is 54.8 Å². The molecule has 112 valence electrons. The minimum atomic E-state index is -0.709. The van der Waals surface area contributed by atoms with Crippen molar-refractivity contribution in [3.8, 4) is 5.75 Å². The number of aliphatic hydroxyl groups is 1. The Morgan fingerprint density at radius 3 is 2.80 bits per heavy atom. The van der Waals surface area contributed by atoms with Crippen LogP contribution in [0.15, 0.2) is 18.3 Å². The molecule has 0 unspecified atom stereocenters. The molecule has 2 rings (SSSR count). The molecule has 0 spiro atoms. The van der Waals surface area contributed by atoms with Crippen LogP contribution >= 0.6 is 0 Å². The Morgan fingerprint density at radius 2 is 2.15 bits per heavy atom. The molecule has 1 aliphatic rings. The summed E-state index contributed by atoms with van der Waals surface area (Å²) < 4.78 is 11.1. The molecule has 0 amide bonds. The van der Waals surface area contributed by atoms with Gasteiger partial charge in [-0.2, -0.15) is 0 Å². The SMILES string of the molecule is CC(C)Oc1cccnc1N(C)CC1(O)CCOCC1. The highest BCUT2D eigenvalue weighted by Crippen LogP contribution is 2.29. The van der Waals surface area contributed by atoms with Gasteiger partial charge in [-0.05, 0) is 26.0 Å². The van der Waals surface area contributed by atoms with Crippen LogP contribution in [-0.4, -0.2) is 48.6 Å². The molecule has 5 heteroatoms. The van der Waals surface area contributed by atoms with Gasteiger partial charge in [-0.3, -0.25) is 0 Å². The van der Waals surface area contributed by atoms with Gasteiger partial charge in [-0.15, -0.1) is 0 Å². The third-order valence-electron chi connectivity index (χ3n) is 3.43. The van der Waals surface area contributed by atoms with E-state index in [0.717, 1.165) is 11.6 Å². The van der Waals surface area contributed by atoms with E-state index < -0.39 is 5.60 Å². The summed E-state index contributed by atoms with van der Waals surface area (Å²) in [4.78, 5) is 6.35. The lowest BCUT2D eigenvalue weighted by molar-refractivity contribution is -0.0573. The van der Waals surface area contributed by atoms with Crippen LogP contribution in [0.4, 0.5) is 5.82 Å². The zero-order chi connectivity index (χ0) is 14.6. The molecule has 1 aromatic rings. The van der Waals surface area contributed by atoms with Crippen LogP contribution in [0.5, 0.6) is 5.75 Å². The molecule has 1 saturated heterocycles. The number of hydrogen-bond acceptors (Lipinski definition) is 5. The lowest BCUT2D eigenvalue weighted by atomic mass is 9.94. The summed E-state index contributed by atoms with van der Waals surface area (Å²) in [6.07, 6.45) is 3.15. The van der Waals surface area contributed by atoms with Crippen molar-refractivity contribution < 1.29 is 14.6 Å². The first-order chi connectivity index (χ1) is 9.50. The van der Waals surface area contributed by atoms with Crippen molar-refractivity contribution in [2.75, 3.05) is 31.7 Å². The van der Waals surface area contributed by atoms with E-state index in [0.29, 0.717) is 32.6 Å². The average Bonchev–Trinajstić information content (AvgIpc) is 2.38. The van der Waals surface area contributed by atoms with Gasteiger partial charge in [0.15, 0.2) is 11.6 Å². The number of likely N-dealkylation sites (N-methyl/N-ethyl adjacent to an activating group) is 1. The smallest absolute Gasteiger partial charge is 0.171 e. The molecule has 1 aliphatic heterocycles. The third kappa shape index (κ3) is 3.84. The normalized spacial score (nSPS) is 18.1. The number of pyridine rings is 1. The maximum Gasteiger partial charge on any atom is 0.171 e. The minimum absolute atomic E-state index is 0.0949. The zero-order valence-corrected chi connectivity index (χ0v) is 12.5. The summed E-state index contributed by atoms with van der Waals surface area (Å²) in [6, 6.07) is 3.77. The number of hydrogen-bond donors (Lipinski definition) is 1. The summed E-state index contributed by atoms with van der Waals surface area (Å²) in [5.74, 6) is 1.52. The number of nitrogens with zero attached hydrogens (tertiary/aromatic N) is 2. The fourth-order valence-corrected chi connectivity index (χ4v) is 2.44. The summed E-state index contributed by atoms with van der Waals surface area (Å²) in [6.45, 7) is 5.73. The van der Waals surface area contributed by atoms with Crippen LogP contribution in [0.1, 0.15) is 26.7 Å². The first kappa shape index (κ1) is 15.1. The highest BCUT2D eigenvalue weighted by atomic mass is 16.5. The Labute approximate surface area is 120 Å². The standard InChI is InChI=1S/C15H24N2O3/c1-12(2)20-13-5-4-8-16-14(13)17(3)11-15(18)6-9-19-10-7-15/h4-5,8,12,18H,6-7,9-11H2,1-3H3. The Hall–Kier alpha value is -1.33. The molecule has 0 radical (unpaired) electrons. The van der Waals surface area contributed by atoms with E-state index in [4.69, 9.17) is 9.47 Å². The van der Waals surface area contributed by atoms with Crippen molar-refractivity contribution in [3.63, 3.8) is 0 Å². The van der Waals surface area contributed by atoms with Crippen molar-refractivity contribution >= 4 is 5.82 Å². The van der Waals surface area contributed by atoms with Gasteiger partial charge >= 0.3 is 0 Å². The van der Waals surface area contributed by atoms with Gasteiger partial charge in [-0.25, -0.2) is 4.98 Å². The van der Waals surface area contributed by atoms with Crippen molar-refractivity contribution in [1.29, 1.82) is 0 Å². The molecule has 1 fully saturated rings. The van der Waals surface area contributed by atoms with Crippen molar-refractivity contribution in [1.82, 2.24) is 4.98 Å². The largest absolute Gasteiger partial charge is 0.487 e. The lowest BCUT2D eigenvalue weighted by Gasteiger charge is -2.36. The number of anilines is 1. The molecular weight excluding hydrogens is 256 g/mol. The lowest BCUT2D eigenvalue weighted by Crippen LogP contribution is -2.46. The van der Waals surface area contributed by atoms with Gasteiger partial charge in [0.2, 0.25) is 0 Å². The molecule has 0 saturated carbocycles. The van der Waals surface area contributed by atoms with Crippen LogP contribution in [0, 0.1) is 0 Å². The first-order valence-corrected chi connectivity index (χ1v) is 7.13. The van der Waals surface area contributed by atoms with Gasteiger partial charge in [0.25, 0.3) is 0 Å². The molecule has 5 nitrogen and oxygen atoms in total. The molecule has 0 atom stereocenters. The van der Waals surface area contributed by atoms with E-state index in [1.165, 1.54) is 0 Å². The van der Waals surface area contributed by atoms with Gasteiger partial charge < -0.3 is 19.5 Å². The van der Waals surface area contributed by atoms with Crippen LogP contribution < -0.4 is 9.64 Å². The number of rotatable bonds is 5. The second-order valence-corrected chi connectivity index (χ2v) is 5.68. The molecule has 0 bridgehead atoms. The van der Waals surface area contributed by atoms with Crippen LogP contribution in [0.3, 0.4) is 0 Å². The van der Waals surface area contributed by atoms with Crippen molar-refractivity contribution in [2.24, 2.45) is 0 Å². The second-order valence-electron chi connectivity index (χ2n) is 5.68. The van der Waals surface area contributed by atoms with E-state index in [-0.39, 0.29) is 6.10 Å². The quantitative estimate of drug-likeness (QED) is 0.892. The van der Waals surface area contributed by atoms with Gasteiger partial charge in [-0.1, -0.05) is 0 Å². The molecule has 2 heterocycles. The monoisotopic (exact) mass is 280 g/mol. The second kappa shape index (κ2) is 6.41. The predicted octanol–water partition coefficient (Wildman–Crippen LogP) is 1.85. The first-order valence-electron chi connectivity index (χ1n) is 7.13. The van der Waals surface area contributed by atoms with Gasteiger partial charge in [0, 0.05) is 45.8 Å². The number of ether oxygens (including phenoxy) is 2. The van der Waals surface area contributed by atoms with E-state index >= 15 is 0 Å². The van der Waals surface area contributed by atoms with E-state index in [9.17, 15) is 5.11 Å². The summed E-state index contributed by atoms with van der Waals surface area (Å²) in [5.41, 5.74) is -0.709. The van der Waals surface area contributed by atoms with Gasteiger partial charge in [0.05, 0.1) is 11.7 Å². The molecule has 1 aromatic heterocycles. The zero-order valence-electron chi connectivity index (χ0n) is 12.5. The maximum absolute atomic E-state index is 10.6. The van der Waals surface area contributed by atoms with Gasteiger partial charge in [0.1, 0.15) is 0 Å². The van der Waals surface area contributed by atoms with E-state index in [2.05, 4.69) is 4.98 Å². The molecule has 20 heavy (non-hydrogen) atoms. The Morgan fingerprint density at radius 1 is 1.45 bits per heavy atom. The summed E-state index contributed by atoms with van der Waals surface area (Å²) in [7, 11) is 1.93. The summed E-state index contributed by atoms with van der Waals surface area (Å²) in [5, 5.41) is 10.6. The molecular formula is C15H24N2O3. The van der Waals surface area contributed by atoms with E-state index in [1.54, 1.807) is 6.20 Å². The molecule has 0 aliphatic carbocycles. The molecule has 1 N–H and O–H groups in total. The average molecular weight is 280 g/mol. The minimum Gasteiger partial charge on any atom is -0.487 e. The van der Waals surface area contributed by atoms with Crippen molar-refractivity contribution in [2.45, 2.75) is 38.4 Å². The van der Waals surface area contributed by atoms with Crippen LogP contribution in [-0.2, 0) is 4.74 Å². The van der Waals surface area contributed by atoms with Crippen molar-refractivity contribution in [3.05, 3.63) is 18.3 Å². The maximum atomic E-state index is 10.6. The Kier molecular flexibility index (Phi) is 4.83. The fraction of sp³-hybridized carbons (Fsp3) is 0.667. The Bertz CT molecular complexity index is 431. The highest BCUT2D eigenvalue weighted by molar-refractivity contribution is 5.51.